The van der Waals surface area contributed by atoms with Gasteiger partial charge in [-0.1, -0.05) is 37.5 Å². The number of ketones is 1. The molecule has 0 saturated heterocycles. The Labute approximate surface area is 125 Å². The fourth-order valence-electron chi connectivity index (χ4n) is 3.56. The molecule has 0 amide bonds. The summed E-state index contributed by atoms with van der Waals surface area (Å²) in [6.45, 7) is 0. The van der Waals surface area contributed by atoms with Gasteiger partial charge in [-0.05, 0) is 30.4 Å². The van der Waals surface area contributed by atoms with Crippen LogP contribution in [-0.4, -0.2) is 17.1 Å². The van der Waals surface area contributed by atoms with Gasteiger partial charge in [0, 0.05) is 19.1 Å². The third-order valence-electron chi connectivity index (χ3n) is 4.70. The Hall–Kier alpha value is -1.90. The van der Waals surface area contributed by atoms with E-state index in [1.807, 2.05) is 30.3 Å². The number of para-hydroxylation sites is 1. The molecule has 3 nitrogen and oxygen atoms in total. The van der Waals surface area contributed by atoms with Crippen molar-refractivity contribution in [2.24, 2.45) is 10.4 Å². The van der Waals surface area contributed by atoms with Gasteiger partial charge in [0.05, 0.1) is 11.3 Å². The van der Waals surface area contributed by atoms with Crippen LogP contribution in [0.5, 0.6) is 0 Å². The van der Waals surface area contributed by atoms with Crippen LogP contribution >= 0.6 is 0 Å². The third kappa shape index (κ3) is 3.07. The zero-order chi connectivity index (χ0) is 14.7. The van der Waals surface area contributed by atoms with Crippen LogP contribution in [0, 0.1) is 5.41 Å². The summed E-state index contributed by atoms with van der Waals surface area (Å²) in [7, 11) is 0. The van der Waals surface area contributed by atoms with Crippen molar-refractivity contribution in [3.63, 3.8) is 0 Å². The van der Waals surface area contributed by atoms with E-state index in [1.165, 1.54) is 25.5 Å². The lowest BCUT2D eigenvalue weighted by Crippen LogP contribution is -2.33. The molecule has 1 N–H and O–H groups in total. The average molecular weight is 283 g/mol. The molecule has 1 aromatic carbocycles. The maximum atomic E-state index is 12.4. The zero-order valence-corrected chi connectivity index (χ0v) is 12.2. The first-order valence-corrected chi connectivity index (χ1v) is 7.73. The molecule has 21 heavy (non-hydrogen) atoms. The first-order valence-electron chi connectivity index (χ1n) is 7.73. The Morgan fingerprint density at radius 3 is 2.43 bits per heavy atom. The van der Waals surface area contributed by atoms with Crippen molar-refractivity contribution >= 4 is 17.7 Å². The highest BCUT2D eigenvalue weighted by Crippen LogP contribution is 2.47. The van der Waals surface area contributed by atoms with E-state index < -0.39 is 0 Å². The van der Waals surface area contributed by atoms with Crippen LogP contribution in [-0.2, 0) is 4.79 Å². The van der Waals surface area contributed by atoms with Crippen LogP contribution in [0.1, 0.15) is 44.9 Å². The van der Waals surface area contributed by atoms with Crippen LogP contribution in [0.25, 0.3) is 0 Å². The molecular weight excluding hydrogens is 262 g/mol. The van der Waals surface area contributed by atoms with E-state index in [4.69, 9.17) is 0 Å². The number of carbonyl (C=O) groups is 1. The molecule has 1 aromatic rings. The molecule has 0 unspecified atom stereocenters. The van der Waals surface area contributed by atoms with Crippen LogP contribution in [0.2, 0.25) is 0 Å². The van der Waals surface area contributed by atoms with Crippen molar-refractivity contribution in [1.82, 2.24) is 0 Å². The van der Waals surface area contributed by atoms with E-state index >= 15 is 0 Å². The average Bonchev–Trinajstić information content (AvgIpc) is 2.48. The fraction of sp³-hybridized carbons (Fsp3) is 0.444. The number of aliphatic imine (C=N–C) groups is 1. The van der Waals surface area contributed by atoms with Gasteiger partial charge >= 0.3 is 0 Å². The lowest BCUT2D eigenvalue weighted by atomic mass is 9.65. The van der Waals surface area contributed by atoms with Crippen molar-refractivity contribution in [3.05, 3.63) is 41.7 Å². The van der Waals surface area contributed by atoms with E-state index in [0.717, 1.165) is 18.5 Å². The number of benzene rings is 1. The molecule has 2 aliphatic carbocycles. The van der Waals surface area contributed by atoms with Crippen LogP contribution < -0.4 is 0 Å². The summed E-state index contributed by atoms with van der Waals surface area (Å²) in [5.74, 6) is 0.271. The number of carbonyl (C=O) groups excluding carboxylic acids is 1. The highest BCUT2D eigenvalue weighted by molar-refractivity contribution is 6.14. The minimum absolute atomic E-state index is 0.0174. The quantitative estimate of drug-likeness (QED) is 0.811. The van der Waals surface area contributed by atoms with Crippen LogP contribution in [0.15, 0.2) is 46.7 Å². The number of allylic oxidation sites excluding steroid dienone is 2. The third-order valence-corrected chi connectivity index (χ3v) is 4.70. The molecule has 0 radical (unpaired) electrons. The van der Waals surface area contributed by atoms with E-state index in [0.29, 0.717) is 18.4 Å². The molecule has 0 atom stereocenters. The highest BCUT2D eigenvalue weighted by atomic mass is 16.3. The van der Waals surface area contributed by atoms with Crippen molar-refractivity contribution in [2.75, 3.05) is 0 Å². The Morgan fingerprint density at radius 2 is 1.76 bits per heavy atom. The first-order chi connectivity index (χ1) is 10.2. The summed E-state index contributed by atoms with van der Waals surface area (Å²) < 4.78 is 0. The number of aliphatic hydroxyl groups excluding tert-OH is 1. The maximum absolute atomic E-state index is 12.4. The van der Waals surface area contributed by atoms with Crippen molar-refractivity contribution in [2.45, 2.75) is 44.9 Å². The second-order valence-electron chi connectivity index (χ2n) is 6.29. The minimum atomic E-state index is 0.0174. The molecule has 3 rings (SSSR count). The summed E-state index contributed by atoms with van der Waals surface area (Å²) in [6.07, 6.45) is 8.45. The number of rotatable bonds is 2. The summed E-state index contributed by atoms with van der Waals surface area (Å²) in [5.41, 5.74) is 1.21. The van der Waals surface area contributed by atoms with E-state index in [9.17, 15) is 9.90 Å². The van der Waals surface area contributed by atoms with Crippen LogP contribution in [0.3, 0.4) is 0 Å². The molecule has 0 bridgehead atoms. The second kappa shape index (κ2) is 5.84. The second-order valence-corrected chi connectivity index (χ2v) is 6.29. The molecule has 1 spiro atoms. The summed E-state index contributed by atoms with van der Waals surface area (Å²) in [6, 6.07) is 9.49. The normalized spacial score (nSPS) is 22.2. The number of Topliss-reactive ketones (excluding diaryl/α,β-unsaturated/α-hetero) is 1. The number of aliphatic hydroxyl groups is 1. The van der Waals surface area contributed by atoms with E-state index in [1.54, 1.807) is 0 Å². The lowest BCUT2D eigenvalue weighted by Gasteiger charge is -2.39. The Morgan fingerprint density at radius 1 is 1.05 bits per heavy atom. The van der Waals surface area contributed by atoms with Gasteiger partial charge in [0.15, 0.2) is 5.78 Å². The molecule has 1 fully saturated rings. The van der Waals surface area contributed by atoms with Gasteiger partial charge in [-0.2, -0.15) is 0 Å². The molecule has 0 heterocycles. The van der Waals surface area contributed by atoms with E-state index in [-0.39, 0.29) is 17.0 Å². The smallest absolute Gasteiger partial charge is 0.168 e. The standard InChI is InChI=1S/C18H21NO2/c20-16-11-18(9-5-2-6-10-18)12-17(21)15(16)13-19-14-7-3-1-4-8-14/h1,3-4,7-8,13,20H,2,5-6,9-12H2. The summed E-state index contributed by atoms with van der Waals surface area (Å²) in [4.78, 5) is 16.7. The molecule has 2 aliphatic rings. The molecule has 0 aliphatic heterocycles. The van der Waals surface area contributed by atoms with Gasteiger partial charge in [0.2, 0.25) is 0 Å². The minimum Gasteiger partial charge on any atom is -0.511 e. The number of hydrogen-bond acceptors (Lipinski definition) is 3. The molecular formula is C18H21NO2. The highest BCUT2D eigenvalue weighted by Gasteiger charge is 2.40. The predicted octanol–water partition coefficient (Wildman–Crippen LogP) is 4.51. The fourth-order valence-corrected chi connectivity index (χ4v) is 3.56. The lowest BCUT2D eigenvalue weighted by molar-refractivity contribution is -0.119. The van der Waals surface area contributed by atoms with Crippen LogP contribution in [0.4, 0.5) is 5.69 Å². The predicted molar refractivity (Wildman–Crippen MR) is 84.0 cm³/mol. The van der Waals surface area contributed by atoms with E-state index in [2.05, 4.69) is 4.99 Å². The zero-order valence-electron chi connectivity index (χ0n) is 12.2. The molecule has 3 heteroatoms. The van der Waals surface area contributed by atoms with Crippen molar-refractivity contribution in [3.8, 4) is 0 Å². The number of nitrogens with zero attached hydrogens (tertiary/aromatic N) is 1. The van der Waals surface area contributed by atoms with Gasteiger partial charge in [-0.3, -0.25) is 9.79 Å². The van der Waals surface area contributed by atoms with Gasteiger partial charge in [-0.25, -0.2) is 0 Å². The Balaban J connectivity index is 1.80. The monoisotopic (exact) mass is 283 g/mol. The van der Waals surface area contributed by atoms with Gasteiger partial charge in [-0.15, -0.1) is 0 Å². The van der Waals surface area contributed by atoms with Gasteiger partial charge in [0.1, 0.15) is 5.76 Å². The Bertz CT molecular complexity index is 580. The molecule has 0 aromatic heterocycles. The topological polar surface area (TPSA) is 49.7 Å². The van der Waals surface area contributed by atoms with Crippen molar-refractivity contribution in [1.29, 1.82) is 0 Å². The molecule has 110 valence electrons. The van der Waals surface area contributed by atoms with Gasteiger partial charge in [0.25, 0.3) is 0 Å². The molecule has 1 saturated carbocycles. The summed E-state index contributed by atoms with van der Waals surface area (Å²) >= 11 is 0. The summed E-state index contributed by atoms with van der Waals surface area (Å²) in [5, 5.41) is 10.3. The maximum Gasteiger partial charge on any atom is 0.168 e. The number of hydrogen-bond donors (Lipinski definition) is 1. The Kier molecular flexibility index (Phi) is 3.91. The van der Waals surface area contributed by atoms with Crippen molar-refractivity contribution < 1.29 is 9.90 Å². The first kappa shape index (κ1) is 14.1. The SMILES string of the molecule is O=C1CC2(CCCCC2)CC(O)=C1C=Nc1ccccc1. The van der Waals surface area contributed by atoms with Gasteiger partial charge < -0.3 is 5.11 Å². The largest absolute Gasteiger partial charge is 0.511 e.